The molecule has 3 nitrogen and oxygen atoms in total. The number of nitrogens with zero attached hydrogens (tertiary/aromatic N) is 1. The minimum absolute atomic E-state index is 0.314. The molecule has 0 aromatic heterocycles. The second-order valence-electron chi connectivity index (χ2n) is 6.33. The lowest BCUT2D eigenvalue weighted by Crippen LogP contribution is -2.38. The highest BCUT2D eigenvalue weighted by Crippen LogP contribution is 2.45. The van der Waals surface area contributed by atoms with Crippen molar-refractivity contribution in [3.05, 3.63) is 28.8 Å². The van der Waals surface area contributed by atoms with Gasteiger partial charge in [-0.2, -0.15) is 11.8 Å². The van der Waals surface area contributed by atoms with Crippen LogP contribution in [-0.4, -0.2) is 47.7 Å². The SMILES string of the molecule is Cc1ccc(O)c2c1C(C)CC2NCCN1CCSCC1. The Kier molecular flexibility index (Phi) is 4.77. The van der Waals surface area contributed by atoms with Crippen molar-refractivity contribution in [2.24, 2.45) is 0 Å². The minimum atomic E-state index is 0.314. The molecule has 3 rings (SSSR count). The van der Waals surface area contributed by atoms with Gasteiger partial charge in [0.2, 0.25) is 0 Å². The first-order valence-electron chi connectivity index (χ1n) is 8.02. The van der Waals surface area contributed by atoms with E-state index < -0.39 is 0 Å². The number of aromatic hydroxyl groups is 1. The first-order valence-corrected chi connectivity index (χ1v) is 9.18. The highest BCUT2D eigenvalue weighted by molar-refractivity contribution is 7.99. The smallest absolute Gasteiger partial charge is 0.120 e. The summed E-state index contributed by atoms with van der Waals surface area (Å²) in [6.07, 6.45) is 1.10. The standard InChI is InChI=1S/C17H26N2OS/c1-12-3-4-15(20)17-14(11-13(2)16(12)17)18-5-6-19-7-9-21-10-8-19/h3-4,13-14,18,20H,5-11H2,1-2H3. The quantitative estimate of drug-likeness (QED) is 0.896. The summed E-state index contributed by atoms with van der Waals surface area (Å²) in [5.41, 5.74) is 3.83. The molecule has 1 saturated heterocycles. The van der Waals surface area contributed by atoms with Crippen LogP contribution in [0.25, 0.3) is 0 Å². The highest BCUT2D eigenvalue weighted by Gasteiger charge is 2.31. The predicted octanol–water partition coefficient (Wildman–Crippen LogP) is 2.89. The van der Waals surface area contributed by atoms with E-state index in [4.69, 9.17) is 0 Å². The molecule has 0 spiro atoms. The van der Waals surface area contributed by atoms with Gasteiger partial charge in [-0.3, -0.25) is 0 Å². The number of benzene rings is 1. The molecule has 1 aliphatic carbocycles. The molecule has 1 aromatic carbocycles. The summed E-state index contributed by atoms with van der Waals surface area (Å²) < 4.78 is 0. The van der Waals surface area contributed by atoms with Crippen molar-refractivity contribution in [1.82, 2.24) is 10.2 Å². The van der Waals surface area contributed by atoms with Crippen LogP contribution < -0.4 is 5.32 Å². The highest BCUT2D eigenvalue weighted by atomic mass is 32.2. The van der Waals surface area contributed by atoms with Crippen LogP contribution in [0, 0.1) is 6.92 Å². The van der Waals surface area contributed by atoms with E-state index in [0.717, 1.165) is 25.1 Å². The summed E-state index contributed by atoms with van der Waals surface area (Å²) in [4.78, 5) is 2.54. The topological polar surface area (TPSA) is 35.5 Å². The van der Waals surface area contributed by atoms with Crippen LogP contribution in [0.5, 0.6) is 5.75 Å². The van der Waals surface area contributed by atoms with E-state index in [0.29, 0.717) is 17.7 Å². The fraction of sp³-hybridized carbons (Fsp3) is 0.647. The number of phenols is 1. The fourth-order valence-corrected chi connectivity index (χ4v) is 4.73. The molecule has 0 saturated carbocycles. The first-order chi connectivity index (χ1) is 10.2. The van der Waals surface area contributed by atoms with Crippen molar-refractivity contribution in [3.63, 3.8) is 0 Å². The van der Waals surface area contributed by atoms with Crippen LogP contribution in [0.2, 0.25) is 0 Å². The second kappa shape index (κ2) is 6.59. The number of thioether (sulfide) groups is 1. The van der Waals surface area contributed by atoms with Gasteiger partial charge in [0, 0.05) is 49.3 Å². The zero-order chi connectivity index (χ0) is 14.8. The molecule has 4 heteroatoms. The molecule has 1 fully saturated rings. The zero-order valence-electron chi connectivity index (χ0n) is 13.1. The largest absolute Gasteiger partial charge is 0.508 e. The normalized spacial score (nSPS) is 26.0. The average molecular weight is 306 g/mol. The molecule has 1 aliphatic heterocycles. The number of fused-ring (bicyclic) bond motifs is 1. The molecule has 2 N–H and O–H groups in total. The molecule has 2 atom stereocenters. The average Bonchev–Trinajstić information content (AvgIpc) is 2.82. The van der Waals surface area contributed by atoms with Crippen molar-refractivity contribution in [2.45, 2.75) is 32.2 Å². The third-order valence-corrected chi connectivity index (χ3v) is 5.78. The van der Waals surface area contributed by atoms with E-state index in [-0.39, 0.29) is 0 Å². The van der Waals surface area contributed by atoms with Gasteiger partial charge in [-0.15, -0.1) is 0 Å². The van der Waals surface area contributed by atoms with Crippen molar-refractivity contribution in [1.29, 1.82) is 0 Å². The van der Waals surface area contributed by atoms with Crippen LogP contribution in [0.15, 0.2) is 12.1 Å². The number of phenolic OH excluding ortho intramolecular Hbond substituents is 1. The van der Waals surface area contributed by atoms with E-state index in [1.54, 1.807) is 0 Å². The Hall–Kier alpha value is -0.710. The van der Waals surface area contributed by atoms with E-state index in [2.05, 4.69) is 35.8 Å². The molecule has 2 aliphatic rings. The minimum Gasteiger partial charge on any atom is -0.508 e. The van der Waals surface area contributed by atoms with Crippen LogP contribution in [-0.2, 0) is 0 Å². The lowest BCUT2D eigenvalue weighted by molar-refractivity contribution is 0.294. The lowest BCUT2D eigenvalue weighted by Gasteiger charge is -2.27. The van der Waals surface area contributed by atoms with Crippen molar-refractivity contribution in [2.75, 3.05) is 37.7 Å². The van der Waals surface area contributed by atoms with Gasteiger partial charge < -0.3 is 15.3 Å². The molecule has 1 aromatic rings. The fourth-order valence-electron chi connectivity index (χ4n) is 3.75. The maximum Gasteiger partial charge on any atom is 0.120 e. The molecule has 0 radical (unpaired) electrons. The monoisotopic (exact) mass is 306 g/mol. The third kappa shape index (κ3) is 3.22. The summed E-state index contributed by atoms with van der Waals surface area (Å²) in [6.45, 7) is 8.99. The van der Waals surface area contributed by atoms with Gasteiger partial charge in [-0.05, 0) is 36.5 Å². The predicted molar refractivity (Wildman–Crippen MR) is 90.4 cm³/mol. The molecule has 116 valence electrons. The molecular weight excluding hydrogens is 280 g/mol. The van der Waals surface area contributed by atoms with E-state index >= 15 is 0 Å². The van der Waals surface area contributed by atoms with Gasteiger partial charge in [0.25, 0.3) is 0 Å². The summed E-state index contributed by atoms with van der Waals surface area (Å²) in [6, 6.07) is 4.20. The van der Waals surface area contributed by atoms with Gasteiger partial charge in [0.1, 0.15) is 5.75 Å². The van der Waals surface area contributed by atoms with Crippen LogP contribution in [0.4, 0.5) is 0 Å². The Morgan fingerprint density at radius 2 is 2.05 bits per heavy atom. The molecular formula is C17H26N2OS. The summed E-state index contributed by atoms with van der Waals surface area (Å²) in [5.74, 6) is 3.54. The van der Waals surface area contributed by atoms with Crippen LogP contribution in [0.3, 0.4) is 0 Å². The summed E-state index contributed by atoms with van der Waals surface area (Å²) in [5, 5.41) is 13.9. The molecule has 0 bridgehead atoms. The Labute approximate surface area is 132 Å². The summed E-state index contributed by atoms with van der Waals surface area (Å²) >= 11 is 2.06. The van der Waals surface area contributed by atoms with Crippen LogP contribution in [0.1, 0.15) is 42.0 Å². The molecule has 21 heavy (non-hydrogen) atoms. The van der Waals surface area contributed by atoms with Gasteiger partial charge in [-0.1, -0.05) is 13.0 Å². The van der Waals surface area contributed by atoms with E-state index in [1.165, 1.54) is 35.7 Å². The number of hydrogen-bond donors (Lipinski definition) is 2. The zero-order valence-corrected chi connectivity index (χ0v) is 13.9. The lowest BCUT2D eigenvalue weighted by atomic mass is 9.97. The number of aryl methyl sites for hydroxylation is 1. The number of nitrogens with one attached hydrogen (secondary N) is 1. The van der Waals surface area contributed by atoms with E-state index in [9.17, 15) is 5.11 Å². The van der Waals surface area contributed by atoms with Gasteiger partial charge in [0.15, 0.2) is 0 Å². The molecule has 0 amide bonds. The number of hydrogen-bond acceptors (Lipinski definition) is 4. The maximum absolute atomic E-state index is 10.2. The van der Waals surface area contributed by atoms with Gasteiger partial charge >= 0.3 is 0 Å². The Morgan fingerprint density at radius 1 is 1.29 bits per heavy atom. The molecule has 2 unspecified atom stereocenters. The Morgan fingerprint density at radius 3 is 2.81 bits per heavy atom. The van der Waals surface area contributed by atoms with Crippen molar-refractivity contribution in [3.8, 4) is 5.75 Å². The maximum atomic E-state index is 10.2. The first kappa shape index (κ1) is 15.2. The molecule has 1 heterocycles. The van der Waals surface area contributed by atoms with Gasteiger partial charge in [-0.25, -0.2) is 0 Å². The number of rotatable bonds is 4. The Balaban J connectivity index is 1.62. The van der Waals surface area contributed by atoms with Crippen molar-refractivity contribution >= 4 is 11.8 Å². The Bertz CT molecular complexity index is 500. The van der Waals surface area contributed by atoms with Crippen LogP contribution >= 0.6 is 11.8 Å². The third-order valence-electron chi connectivity index (χ3n) is 4.84. The summed E-state index contributed by atoms with van der Waals surface area (Å²) in [7, 11) is 0. The van der Waals surface area contributed by atoms with E-state index in [1.807, 2.05) is 12.1 Å². The van der Waals surface area contributed by atoms with Gasteiger partial charge in [0.05, 0.1) is 0 Å². The second-order valence-corrected chi connectivity index (χ2v) is 7.55. The van der Waals surface area contributed by atoms with Crippen molar-refractivity contribution < 1.29 is 5.11 Å².